The van der Waals surface area contributed by atoms with Gasteiger partial charge in [-0.1, -0.05) is 6.07 Å². The van der Waals surface area contributed by atoms with Gasteiger partial charge in [0.1, 0.15) is 23.0 Å². The van der Waals surface area contributed by atoms with Gasteiger partial charge in [-0.25, -0.2) is 9.59 Å². The van der Waals surface area contributed by atoms with Gasteiger partial charge in [0.15, 0.2) is 0 Å². The molecular formula is C27H18N2O9. The number of aromatic carboxylic acids is 2. The van der Waals surface area contributed by atoms with Crippen LogP contribution in [0.25, 0.3) is 0 Å². The second-order valence-electron chi connectivity index (χ2n) is 7.78. The fourth-order valence-corrected chi connectivity index (χ4v) is 3.37. The van der Waals surface area contributed by atoms with Crippen molar-refractivity contribution in [2.24, 2.45) is 0 Å². The number of nitrogens with zero attached hydrogens (tertiary/aromatic N) is 1. The van der Waals surface area contributed by atoms with Crippen LogP contribution in [0.1, 0.15) is 31.1 Å². The van der Waals surface area contributed by atoms with Gasteiger partial charge in [-0.05, 0) is 72.8 Å². The first-order valence-corrected chi connectivity index (χ1v) is 10.9. The van der Waals surface area contributed by atoms with Crippen LogP contribution in [0.2, 0.25) is 0 Å². The van der Waals surface area contributed by atoms with Crippen LogP contribution in [0.15, 0.2) is 91.0 Å². The van der Waals surface area contributed by atoms with Gasteiger partial charge in [-0.3, -0.25) is 14.9 Å². The molecule has 38 heavy (non-hydrogen) atoms. The highest BCUT2D eigenvalue weighted by atomic mass is 16.6. The van der Waals surface area contributed by atoms with Crippen molar-refractivity contribution in [3.05, 3.63) is 118 Å². The molecule has 11 heteroatoms. The monoisotopic (exact) mass is 514 g/mol. The van der Waals surface area contributed by atoms with E-state index in [1.54, 1.807) is 42.5 Å². The molecule has 1 amide bonds. The zero-order valence-electron chi connectivity index (χ0n) is 19.4. The van der Waals surface area contributed by atoms with E-state index in [1.165, 1.54) is 36.4 Å². The summed E-state index contributed by atoms with van der Waals surface area (Å²) in [7, 11) is 0. The quantitative estimate of drug-likeness (QED) is 0.184. The number of anilines is 1. The van der Waals surface area contributed by atoms with Gasteiger partial charge in [0.25, 0.3) is 11.6 Å². The van der Waals surface area contributed by atoms with Gasteiger partial charge >= 0.3 is 11.9 Å². The molecule has 0 saturated carbocycles. The van der Waals surface area contributed by atoms with E-state index < -0.39 is 28.3 Å². The van der Waals surface area contributed by atoms with Gasteiger partial charge in [-0.15, -0.1) is 0 Å². The van der Waals surface area contributed by atoms with Gasteiger partial charge in [-0.2, -0.15) is 0 Å². The van der Waals surface area contributed by atoms with Gasteiger partial charge in [0.2, 0.25) is 0 Å². The maximum Gasteiger partial charge on any atom is 0.336 e. The first kappa shape index (κ1) is 25.4. The Labute approximate surface area is 214 Å². The lowest BCUT2D eigenvalue weighted by molar-refractivity contribution is -0.384. The van der Waals surface area contributed by atoms with Gasteiger partial charge in [0.05, 0.1) is 16.1 Å². The number of carboxylic acid groups (broad SMARTS) is 2. The highest BCUT2D eigenvalue weighted by molar-refractivity contribution is 6.04. The van der Waals surface area contributed by atoms with E-state index in [0.717, 1.165) is 12.1 Å². The maximum absolute atomic E-state index is 12.7. The van der Waals surface area contributed by atoms with Crippen LogP contribution in [0.3, 0.4) is 0 Å². The Hall–Kier alpha value is -5.71. The summed E-state index contributed by atoms with van der Waals surface area (Å²) in [6, 6.07) is 21.8. The molecule has 4 rings (SSSR count). The summed E-state index contributed by atoms with van der Waals surface area (Å²) in [5.74, 6) is -1.97. The number of ether oxygens (including phenoxy) is 2. The van der Waals surface area contributed by atoms with Crippen molar-refractivity contribution in [2.45, 2.75) is 0 Å². The number of benzene rings is 4. The van der Waals surface area contributed by atoms with E-state index in [9.17, 15) is 29.6 Å². The second-order valence-corrected chi connectivity index (χ2v) is 7.78. The zero-order chi connectivity index (χ0) is 27.2. The molecule has 0 heterocycles. The molecule has 11 nitrogen and oxygen atoms in total. The van der Waals surface area contributed by atoms with Crippen LogP contribution in [0.5, 0.6) is 23.0 Å². The van der Waals surface area contributed by atoms with E-state index in [1.807, 2.05) is 0 Å². The molecule has 0 atom stereocenters. The molecule has 0 radical (unpaired) electrons. The molecule has 0 fully saturated rings. The lowest BCUT2D eigenvalue weighted by Crippen LogP contribution is -2.11. The molecular weight excluding hydrogens is 496 g/mol. The molecule has 4 aromatic rings. The molecule has 190 valence electrons. The third-order valence-corrected chi connectivity index (χ3v) is 5.18. The molecule has 0 aliphatic carbocycles. The van der Waals surface area contributed by atoms with Crippen molar-refractivity contribution < 1.29 is 39.0 Å². The number of hydrogen-bond acceptors (Lipinski definition) is 7. The SMILES string of the molecule is O=C(Nc1ccc(Oc2ccc(C(=O)O)c(C(=O)O)c2)cc1)c1cccc(Oc2ccc([N+](=O)[O-])cc2)c1. The van der Waals surface area contributed by atoms with E-state index in [4.69, 9.17) is 14.6 Å². The normalized spacial score (nSPS) is 10.3. The van der Waals surface area contributed by atoms with Crippen LogP contribution in [-0.2, 0) is 0 Å². The third-order valence-electron chi connectivity index (χ3n) is 5.18. The number of carboxylic acids is 2. The minimum atomic E-state index is -1.40. The Bertz CT molecular complexity index is 1530. The van der Waals surface area contributed by atoms with E-state index in [0.29, 0.717) is 28.5 Å². The number of amides is 1. The summed E-state index contributed by atoms with van der Waals surface area (Å²) in [6.45, 7) is 0. The molecule has 4 aromatic carbocycles. The summed E-state index contributed by atoms with van der Waals surface area (Å²) in [4.78, 5) is 45.5. The largest absolute Gasteiger partial charge is 0.478 e. The summed E-state index contributed by atoms with van der Waals surface area (Å²) >= 11 is 0. The van der Waals surface area contributed by atoms with Crippen molar-refractivity contribution in [3.8, 4) is 23.0 Å². The average Bonchev–Trinajstić information content (AvgIpc) is 2.90. The zero-order valence-corrected chi connectivity index (χ0v) is 19.4. The first-order chi connectivity index (χ1) is 18.2. The Morgan fingerprint density at radius 3 is 1.82 bits per heavy atom. The Kier molecular flexibility index (Phi) is 7.29. The third kappa shape index (κ3) is 6.10. The number of hydrogen-bond donors (Lipinski definition) is 3. The maximum atomic E-state index is 12.7. The van der Waals surface area contributed by atoms with Crippen molar-refractivity contribution in [1.29, 1.82) is 0 Å². The number of non-ortho nitro benzene ring substituents is 1. The second kappa shape index (κ2) is 10.9. The average molecular weight is 514 g/mol. The highest BCUT2D eigenvalue weighted by Gasteiger charge is 2.17. The summed E-state index contributed by atoms with van der Waals surface area (Å²) in [5.41, 5.74) is -0.0623. The lowest BCUT2D eigenvalue weighted by atomic mass is 10.1. The van der Waals surface area contributed by atoms with Crippen LogP contribution in [0, 0.1) is 10.1 Å². The number of nitro benzene ring substituents is 1. The Morgan fingerprint density at radius 1 is 0.684 bits per heavy atom. The molecule has 0 saturated heterocycles. The summed E-state index contributed by atoms with van der Waals surface area (Å²) in [6.07, 6.45) is 0. The number of nitrogens with one attached hydrogen (secondary N) is 1. The molecule has 0 aliphatic heterocycles. The number of carbonyl (C=O) groups excluding carboxylic acids is 1. The fourth-order valence-electron chi connectivity index (χ4n) is 3.37. The van der Waals surface area contributed by atoms with Crippen molar-refractivity contribution in [3.63, 3.8) is 0 Å². The standard InChI is InChI=1S/C27H18N2O9/c30-25(16-2-1-3-21(14-16)37-20-10-6-18(7-11-20)29(35)36)28-17-4-8-19(9-5-17)38-22-12-13-23(26(31)32)24(15-22)27(33)34/h1-15H,(H,28,30)(H,31,32)(H,33,34). The minimum Gasteiger partial charge on any atom is -0.478 e. The van der Waals surface area contributed by atoms with Crippen molar-refractivity contribution in [1.82, 2.24) is 0 Å². The molecule has 0 aromatic heterocycles. The van der Waals surface area contributed by atoms with Crippen molar-refractivity contribution >= 4 is 29.2 Å². The number of nitro groups is 1. The smallest absolute Gasteiger partial charge is 0.336 e. The Morgan fingerprint density at radius 2 is 1.24 bits per heavy atom. The molecule has 0 unspecified atom stereocenters. The van der Waals surface area contributed by atoms with Crippen LogP contribution in [0.4, 0.5) is 11.4 Å². The molecule has 0 bridgehead atoms. The van der Waals surface area contributed by atoms with Gasteiger partial charge < -0.3 is 25.0 Å². The predicted octanol–water partition coefficient (Wildman–Crippen LogP) is 5.83. The number of carbonyl (C=O) groups is 3. The van der Waals surface area contributed by atoms with Crippen molar-refractivity contribution in [2.75, 3.05) is 5.32 Å². The van der Waals surface area contributed by atoms with E-state index in [-0.39, 0.29) is 17.0 Å². The minimum absolute atomic E-state index is 0.0667. The first-order valence-electron chi connectivity index (χ1n) is 10.9. The fraction of sp³-hybridized carbons (Fsp3) is 0. The summed E-state index contributed by atoms with van der Waals surface area (Å²) < 4.78 is 11.3. The van der Waals surface area contributed by atoms with Crippen LogP contribution >= 0.6 is 0 Å². The van der Waals surface area contributed by atoms with Gasteiger partial charge in [0, 0.05) is 23.4 Å². The topological polar surface area (TPSA) is 165 Å². The highest BCUT2D eigenvalue weighted by Crippen LogP contribution is 2.27. The summed E-state index contributed by atoms with van der Waals surface area (Å²) in [5, 5.41) is 31.9. The molecule has 0 spiro atoms. The number of rotatable bonds is 9. The molecule has 0 aliphatic rings. The Balaban J connectivity index is 1.41. The van der Waals surface area contributed by atoms with E-state index in [2.05, 4.69) is 5.32 Å². The molecule has 3 N–H and O–H groups in total. The predicted molar refractivity (Wildman–Crippen MR) is 134 cm³/mol. The lowest BCUT2D eigenvalue weighted by Gasteiger charge is -2.10. The van der Waals surface area contributed by atoms with E-state index >= 15 is 0 Å². The van der Waals surface area contributed by atoms with Crippen LogP contribution < -0.4 is 14.8 Å². The van der Waals surface area contributed by atoms with Crippen LogP contribution in [-0.4, -0.2) is 33.0 Å².